The second-order valence-corrected chi connectivity index (χ2v) is 9.85. The number of carbonyl (C=O) groups is 1. The Morgan fingerprint density at radius 1 is 1.25 bits per heavy atom. The van der Waals surface area contributed by atoms with Crippen LogP contribution < -0.4 is 5.32 Å². The molecule has 1 fully saturated rings. The van der Waals surface area contributed by atoms with Gasteiger partial charge in [-0.1, -0.05) is 13.0 Å². The van der Waals surface area contributed by atoms with Crippen LogP contribution in [0, 0.1) is 0 Å². The van der Waals surface area contributed by atoms with Gasteiger partial charge in [0.1, 0.15) is 0 Å². The average molecular weight is 409 g/mol. The molecule has 1 aromatic rings. The van der Waals surface area contributed by atoms with Crippen molar-refractivity contribution in [2.75, 3.05) is 53.4 Å². The molecular formula is C20H32N4O3S. The first-order chi connectivity index (χ1) is 13.3. The number of likely N-dealkylation sites (tertiary alicyclic amines) is 1. The van der Waals surface area contributed by atoms with Crippen LogP contribution in [0.25, 0.3) is 0 Å². The molecule has 1 saturated heterocycles. The third-order valence-corrected chi connectivity index (χ3v) is 7.62. The van der Waals surface area contributed by atoms with Gasteiger partial charge in [0.2, 0.25) is 10.0 Å². The summed E-state index contributed by atoms with van der Waals surface area (Å²) in [7, 11) is 0.220. The maximum absolute atomic E-state index is 13.5. The molecule has 0 aliphatic carbocycles. The van der Waals surface area contributed by atoms with Crippen LogP contribution in [0.4, 0.5) is 0 Å². The quantitative estimate of drug-likeness (QED) is 0.695. The van der Waals surface area contributed by atoms with Crippen LogP contribution in [-0.2, 0) is 16.4 Å². The minimum absolute atomic E-state index is 0.189. The van der Waals surface area contributed by atoms with Gasteiger partial charge in [-0.15, -0.1) is 0 Å². The van der Waals surface area contributed by atoms with Crippen molar-refractivity contribution >= 4 is 15.9 Å². The lowest BCUT2D eigenvalue weighted by molar-refractivity contribution is 0.0945. The van der Waals surface area contributed by atoms with Gasteiger partial charge in [0.15, 0.2) is 0 Å². The van der Waals surface area contributed by atoms with E-state index in [1.807, 2.05) is 19.0 Å². The van der Waals surface area contributed by atoms with Gasteiger partial charge < -0.3 is 10.2 Å². The molecule has 0 spiro atoms. The van der Waals surface area contributed by atoms with E-state index in [1.165, 1.54) is 0 Å². The van der Waals surface area contributed by atoms with Crippen LogP contribution in [0.5, 0.6) is 0 Å². The number of hydrogen-bond donors (Lipinski definition) is 1. The summed E-state index contributed by atoms with van der Waals surface area (Å²) in [5, 5.41) is 2.80. The first kappa shape index (κ1) is 21.2. The van der Waals surface area contributed by atoms with Crippen molar-refractivity contribution < 1.29 is 13.2 Å². The Bertz CT molecular complexity index is 810. The second-order valence-electron chi connectivity index (χ2n) is 7.92. The highest BCUT2D eigenvalue weighted by Crippen LogP contribution is 2.25. The lowest BCUT2D eigenvalue weighted by Gasteiger charge is -2.30. The minimum Gasteiger partial charge on any atom is -0.352 e. The van der Waals surface area contributed by atoms with E-state index >= 15 is 0 Å². The Morgan fingerprint density at radius 3 is 2.75 bits per heavy atom. The second kappa shape index (κ2) is 8.90. The fourth-order valence-corrected chi connectivity index (χ4v) is 5.57. The topological polar surface area (TPSA) is 73.0 Å². The molecule has 8 heteroatoms. The number of rotatable bonds is 8. The summed E-state index contributed by atoms with van der Waals surface area (Å²) in [6.07, 6.45) is 2.87. The molecule has 156 valence electrons. The van der Waals surface area contributed by atoms with Crippen LogP contribution in [0.3, 0.4) is 0 Å². The van der Waals surface area contributed by atoms with Gasteiger partial charge in [-0.25, -0.2) is 8.42 Å². The Labute approximate surface area is 168 Å². The number of fused-ring (bicyclic) bond motifs is 1. The minimum atomic E-state index is -3.67. The van der Waals surface area contributed by atoms with Gasteiger partial charge in [-0.05, 0) is 64.1 Å². The average Bonchev–Trinajstić information content (AvgIpc) is 3.12. The summed E-state index contributed by atoms with van der Waals surface area (Å²) in [6.45, 7) is 6.27. The van der Waals surface area contributed by atoms with E-state index in [0.29, 0.717) is 31.7 Å². The molecule has 0 radical (unpaired) electrons. The number of nitrogens with zero attached hydrogens (tertiary/aromatic N) is 3. The summed E-state index contributed by atoms with van der Waals surface area (Å²) in [5.74, 6) is -0.189. The van der Waals surface area contributed by atoms with E-state index in [2.05, 4.69) is 17.1 Å². The maximum atomic E-state index is 13.5. The summed E-state index contributed by atoms with van der Waals surface area (Å²) in [5.41, 5.74) is 1.39. The van der Waals surface area contributed by atoms with E-state index in [4.69, 9.17) is 0 Å². The molecular weight excluding hydrogens is 376 g/mol. The summed E-state index contributed by atoms with van der Waals surface area (Å²) < 4.78 is 28.6. The number of amides is 1. The zero-order chi connectivity index (χ0) is 20.3. The van der Waals surface area contributed by atoms with Crippen LogP contribution in [0.2, 0.25) is 0 Å². The molecule has 1 unspecified atom stereocenters. The van der Waals surface area contributed by atoms with Gasteiger partial charge in [0.25, 0.3) is 5.91 Å². The van der Waals surface area contributed by atoms with E-state index in [-0.39, 0.29) is 16.8 Å². The summed E-state index contributed by atoms with van der Waals surface area (Å²) in [4.78, 5) is 16.7. The Hall–Kier alpha value is -1.48. The van der Waals surface area contributed by atoms with Crippen molar-refractivity contribution in [3.05, 3.63) is 29.3 Å². The van der Waals surface area contributed by atoms with E-state index < -0.39 is 10.0 Å². The first-order valence-corrected chi connectivity index (χ1v) is 11.6. The third kappa shape index (κ3) is 4.56. The highest BCUT2D eigenvalue weighted by atomic mass is 32.2. The number of hydrogen-bond acceptors (Lipinski definition) is 5. The molecule has 2 aliphatic heterocycles. The van der Waals surface area contributed by atoms with E-state index in [9.17, 15) is 13.2 Å². The fraction of sp³-hybridized carbons (Fsp3) is 0.650. The SMILES string of the molecule is CCN1CCCC1CN(CCN(C)C)S(=O)(=O)c1ccc2c(c1)C(=O)NCC2. The number of sulfonamides is 1. The van der Waals surface area contributed by atoms with Gasteiger partial charge in [-0.2, -0.15) is 4.31 Å². The molecule has 1 N–H and O–H groups in total. The van der Waals surface area contributed by atoms with Crippen molar-refractivity contribution in [2.24, 2.45) is 0 Å². The fourth-order valence-electron chi connectivity index (χ4n) is 4.07. The standard InChI is InChI=1S/C20H32N4O3S/c1-4-23-11-5-6-17(23)15-24(13-12-22(2)3)28(26,27)18-8-7-16-9-10-21-20(25)19(16)14-18/h7-8,14,17H,4-6,9-13,15H2,1-3H3,(H,21,25). The molecule has 0 bridgehead atoms. The highest BCUT2D eigenvalue weighted by Gasteiger charge is 2.32. The molecule has 0 aromatic heterocycles. The zero-order valence-corrected chi connectivity index (χ0v) is 18.0. The molecule has 1 amide bonds. The predicted molar refractivity (Wildman–Crippen MR) is 110 cm³/mol. The predicted octanol–water partition coefficient (Wildman–Crippen LogP) is 1.01. The van der Waals surface area contributed by atoms with Crippen LogP contribution in [-0.4, -0.2) is 87.8 Å². The van der Waals surface area contributed by atoms with Crippen molar-refractivity contribution in [2.45, 2.75) is 37.1 Å². The number of carbonyl (C=O) groups excluding carboxylic acids is 1. The molecule has 7 nitrogen and oxygen atoms in total. The third-order valence-electron chi connectivity index (χ3n) is 5.76. The van der Waals surface area contributed by atoms with E-state index in [1.54, 1.807) is 22.5 Å². The number of likely N-dealkylation sites (N-methyl/N-ethyl adjacent to an activating group) is 2. The Morgan fingerprint density at radius 2 is 2.04 bits per heavy atom. The zero-order valence-electron chi connectivity index (χ0n) is 17.1. The summed E-state index contributed by atoms with van der Waals surface area (Å²) in [6, 6.07) is 5.25. The maximum Gasteiger partial charge on any atom is 0.251 e. The lowest BCUT2D eigenvalue weighted by atomic mass is 10.0. The molecule has 28 heavy (non-hydrogen) atoms. The normalized spacial score (nSPS) is 20.6. The van der Waals surface area contributed by atoms with Crippen molar-refractivity contribution in [1.29, 1.82) is 0 Å². The Kier molecular flexibility index (Phi) is 6.75. The van der Waals surface area contributed by atoms with Crippen LogP contribution in [0.1, 0.15) is 35.7 Å². The molecule has 3 rings (SSSR count). The molecule has 1 atom stereocenters. The summed E-state index contributed by atoms with van der Waals surface area (Å²) >= 11 is 0. The molecule has 0 saturated carbocycles. The van der Waals surface area contributed by atoms with Crippen LogP contribution >= 0.6 is 0 Å². The number of nitrogens with one attached hydrogen (secondary N) is 1. The van der Waals surface area contributed by atoms with Crippen molar-refractivity contribution in [3.8, 4) is 0 Å². The number of benzene rings is 1. The molecule has 2 heterocycles. The van der Waals surface area contributed by atoms with Gasteiger partial charge in [0.05, 0.1) is 4.90 Å². The largest absolute Gasteiger partial charge is 0.352 e. The van der Waals surface area contributed by atoms with Crippen molar-refractivity contribution in [3.63, 3.8) is 0 Å². The lowest BCUT2D eigenvalue weighted by Crippen LogP contribution is -2.45. The van der Waals surface area contributed by atoms with E-state index in [0.717, 1.165) is 37.9 Å². The smallest absolute Gasteiger partial charge is 0.251 e. The molecule has 2 aliphatic rings. The molecule has 1 aromatic carbocycles. The van der Waals surface area contributed by atoms with Crippen LogP contribution in [0.15, 0.2) is 23.1 Å². The van der Waals surface area contributed by atoms with Gasteiger partial charge in [-0.3, -0.25) is 9.69 Å². The highest BCUT2D eigenvalue weighted by molar-refractivity contribution is 7.89. The monoisotopic (exact) mass is 408 g/mol. The van der Waals surface area contributed by atoms with Gasteiger partial charge >= 0.3 is 0 Å². The Balaban J connectivity index is 1.89. The van der Waals surface area contributed by atoms with Gasteiger partial charge in [0, 0.05) is 37.8 Å². The van der Waals surface area contributed by atoms with Crippen molar-refractivity contribution in [1.82, 2.24) is 19.4 Å². The first-order valence-electron chi connectivity index (χ1n) is 10.1.